The number of hydrogen-bond donors (Lipinski definition) is 1. The summed E-state index contributed by atoms with van der Waals surface area (Å²) in [6, 6.07) is 13.6. The van der Waals surface area contributed by atoms with Gasteiger partial charge in [0.15, 0.2) is 5.76 Å². The summed E-state index contributed by atoms with van der Waals surface area (Å²) in [4.78, 5) is 4.48. The third-order valence-corrected chi connectivity index (χ3v) is 4.99. The fraction of sp³-hybridized carbons (Fsp3) is 0.211. The van der Waals surface area contributed by atoms with E-state index in [1.165, 1.54) is 12.1 Å². The zero-order chi connectivity index (χ0) is 18.6. The summed E-state index contributed by atoms with van der Waals surface area (Å²) in [6.45, 7) is 3.98. The van der Waals surface area contributed by atoms with Gasteiger partial charge in [0.05, 0.1) is 17.3 Å². The number of pyridine rings is 1. The average molecular weight is 372 g/mol. The summed E-state index contributed by atoms with van der Waals surface area (Å²) in [6.07, 6.45) is 3.24. The Morgan fingerprint density at radius 3 is 2.46 bits per heavy atom. The van der Waals surface area contributed by atoms with Crippen LogP contribution in [0, 0.1) is 0 Å². The van der Waals surface area contributed by atoms with Crippen molar-refractivity contribution in [2.24, 2.45) is 0 Å². The molecule has 6 nitrogen and oxygen atoms in total. The second kappa shape index (κ2) is 7.72. The lowest BCUT2D eigenvalue weighted by atomic mass is 10.2. The van der Waals surface area contributed by atoms with Crippen LogP contribution in [0.25, 0.3) is 11.5 Å². The highest BCUT2D eigenvalue weighted by atomic mass is 32.2. The molecule has 136 valence electrons. The van der Waals surface area contributed by atoms with Gasteiger partial charge in [-0.25, -0.2) is 13.1 Å². The maximum atomic E-state index is 12.4. The van der Waals surface area contributed by atoms with Gasteiger partial charge in [-0.3, -0.25) is 4.98 Å². The lowest BCUT2D eigenvalue weighted by molar-refractivity contribution is 0.242. The lowest BCUT2D eigenvalue weighted by Crippen LogP contribution is -2.23. The van der Waals surface area contributed by atoms with Gasteiger partial charge in [-0.15, -0.1) is 0 Å². The third kappa shape index (κ3) is 4.50. The summed E-state index contributed by atoms with van der Waals surface area (Å²) in [5, 5.41) is 0. The van der Waals surface area contributed by atoms with E-state index in [0.29, 0.717) is 17.2 Å². The van der Waals surface area contributed by atoms with E-state index < -0.39 is 10.0 Å². The van der Waals surface area contributed by atoms with Crippen molar-refractivity contribution < 1.29 is 17.6 Å². The summed E-state index contributed by atoms with van der Waals surface area (Å²) in [5.41, 5.74) is 1.45. The molecule has 0 aliphatic rings. The van der Waals surface area contributed by atoms with E-state index in [0.717, 1.165) is 5.56 Å². The monoisotopic (exact) mass is 372 g/mol. The molecule has 26 heavy (non-hydrogen) atoms. The van der Waals surface area contributed by atoms with Gasteiger partial charge < -0.3 is 9.15 Å². The van der Waals surface area contributed by atoms with Gasteiger partial charge in [0.25, 0.3) is 0 Å². The normalized spacial score (nSPS) is 11.7. The minimum Gasteiger partial charge on any atom is -0.491 e. The second-order valence-corrected chi connectivity index (χ2v) is 7.76. The van der Waals surface area contributed by atoms with Crippen LogP contribution in [0.3, 0.4) is 0 Å². The van der Waals surface area contributed by atoms with Gasteiger partial charge in [-0.1, -0.05) is 6.07 Å². The van der Waals surface area contributed by atoms with E-state index in [-0.39, 0.29) is 17.5 Å². The minimum atomic E-state index is -3.61. The molecule has 7 heteroatoms. The number of rotatable bonds is 7. The molecule has 2 aromatic heterocycles. The Balaban J connectivity index is 1.64. The Bertz CT molecular complexity index is 932. The zero-order valence-electron chi connectivity index (χ0n) is 14.5. The molecule has 0 unspecified atom stereocenters. The van der Waals surface area contributed by atoms with Crippen molar-refractivity contribution in [3.63, 3.8) is 0 Å². The van der Waals surface area contributed by atoms with Crippen LogP contribution in [0.4, 0.5) is 0 Å². The predicted octanol–water partition coefficient (Wildman–Crippen LogP) is 3.61. The molecule has 0 aliphatic heterocycles. The largest absolute Gasteiger partial charge is 0.491 e. The van der Waals surface area contributed by atoms with Crippen LogP contribution < -0.4 is 9.46 Å². The standard InChI is InChI=1S/C19H20N2O4S/c1-14(2)25-16-6-8-17(9-7-16)26(22,23)21-13-15-5-10-18(20-12-15)19-4-3-11-24-19/h3-12,14,21H,13H2,1-2H3. The van der Waals surface area contributed by atoms with Gasteiger partial charge in [0, 0.05) is 12.7 Å². The van der Waals surface area contributed by atoms with Crippen molar-refractivity contribution in [1.29, 1.82) is 0 Å². The predicted molar refractivity (Wildman–Crippen MR) is 98.2 cm³/mol. The number of sulfonamides is 1. The number of nitrogens with zero attached hydrogens (tertiary/aromatic N) is 1. The molecule has 0 saturated carbocycles. The van der Waals surface area contributed by atoms with Gasteiger partial charge in [0.1, 0.15) is 11.4 Å². The van der Waals surface area contributed by atoms with Crippen LogP contribution in [0.2, 0.25) is 0 Å². The Hall–Kier alpha value is -2.64. The number of aromatic nitrogens is 1. The molecule has 3 rings (SSSR count). The average Bonchev–Trinajstić information content (AvgIpc) is 3.15. The van der Waals surface area contributed by atoms with E-state index in [2.05, 4.69) is 9.71 Å². The number of ether oxygens (including phenoxy) is 1. The molecule has 0 radical (unpaired) electrons. The van der Waals surface area contributed by atoms with Gasteiger partial charge >= 0.3 is 0 Å². The van der Waals surface area contributed by atoms with E-state index in [4.69, 9.17) is 9.15 Å². The quantitative estimate of drug-likeness (QED) is 0.685. The first-order chi connectivity index (χ1) is 12.4. The Morgan fingerprint density at radius 1 is 1.12 bits per heavy atom. The first-order valence-corrected chi connectivity index (χ1v) is 9.67. The fourth-order valence-electron chi connectivity index (χ4n) is 2.33. The summed E-state index contributed by atoms with van der Waals surface area (Å²) in [7, 11) is -3.61. The molecule has 0 bridgehead atoms. The molecule has 0 aliphatic carbocycles. The molecule has 2 heterocycles. The first kappa shape index (κ1) is 18.2. The molecule has 0 saturated heterocycles. The Morgan fingerprint density at radius 2 is 1.88 bits per heavy atom. The highest BCUT2D eigenvalue weighted by Gasteiger charge is 2.14. The smallest absolute Gasteiger partial charge is 0.240 e. The number of benzene rings is 1. The van der Waals surface area contributed by atoms with E-state index in [1.807, 2.05) is 26.0 Å². The van der Waals surface area contributed by atoms with Crippen LogP contribution in [-0.2, 0) is 16.6 Å². The fourth-order valence-corrected chi connectivity index (χ4v) is 3.35. The maximum absolute atomic E-state index is 12.4. The van der Waals surface area contributed by atoms with Crippen molar-refractivity contribution in [2.75, 3.05) is 0 Å². The van der Waals surface area contributed by atoms with Crippen molar-refractivity contribution >= 4 is 10.0 Å². The van der Waals surface area contributed by atoms with E-state index in [1.54, 1.807) is 36.7 Å². The molecule has 1 aromatic carbocycles. The van der Waals surface area contributed by atoms with E-state index >= 15 is 0 Å². The molecule has 0 atom stereocenters. The van der Waals surface area contributed by atoms with E-state index in [9.17, 15) is 8.42 Å². The minimum absolute atomic E-state index is 0.0345. The zero-order valence-corrected chi connectivity index (χ0v) is 15.4. The summed E-state index contributed by atoms with van der Waals surface area (Å²) in [5.74, 6) is 1.30. The first-order valence-electron chi connectivity index (χ1n) is 8.19. The van der Waals surface area contributed by atoms with Gasteiger partial charge in [-0.05, 0) is 61.9 Å². The van der Waals surface area contributed by atoms with Crippen molar-refractivity contribution in [1.82, 2.24) is 9.71 Å². The number of nitrogens with one attached hydrogen (secondary N) is 1. The second-order valence-electron chi connectivity index (χ2n) is 5.99. The van der Waals surface area contributed by atoms with Gasteiger partial charge in [0.2, 0.25) is 10.0 Å². The van der Waals surface area contributed by atoms with Crippen LogP contribution in [0.1, 0.15) is 19.4 Å². The summed E-state index contributed by atoms with van der Waals surface area (Å²) >= 11 is 0. The Kier molecular flexibility index (Phi) is 5.39. The SMILES string of the molecule is CC(C)Oc1ccc(S(=O)(=O)NCc2ccc(-c3ccco3)nc2)cc1. The molecular formula is C19H20N2O4S. The van der Waals surface area contributed by atoms with Crippen LogP contribution >= 0.6 is 0 Å². The molecule has 0 fully saturated rings. The van der Waals surface area contributed by atoms with Gasteiger partial charge in [-0.2, -0.15) is 0 Å². The topological polar surface area (TPSA) is 81.4 Å². The highest BCUT2D eigenvalue weighted by molar-refractivity contribution is 7.89. The molecule has 0 spiro atoms. The number of hydrogen-bond acceptors (Lipinski definition) is 5. The molecular weight excluding hydrogens is 352 g/mol. The van der Waals surface area contributed by atoms with Crippen LogP contribution in [-0.4, -0.2) is 19.5 Å². The molecule has 3 aromatic rings. The third-order valence-electron chi connectivity index (χ3n) is 3.57. The number of furan rings is 1. The van der Waals surface area contributed by atoms with Crippen molar-refractivity contribution in [3.05, 3.63) is 66.6 Å². The van der Waals surface area contributed by atoms with Crippen LogP contribution in [0.5, 0.6) is 5.75 Å². The summed E-state index contributed by atoms with van der Waals surface area (Å²) < 4.78 is 38.2. The van der Waals surface area contributed by atoms with Crippen molar-refractivity contribution in [2.45, 2.75) is 31.4 Å². The molecule has 0 amide bonds. The maximum Gasteiger partial charge on any atom is 0.240 e. The Labute approximate surface area is 152 Å². The molecule has 1 N–H and O–H groups in total. The lowest BCUT2D eigenvalue weighted by Gasteiger charge is -2.11. The van der Waals surface area contributed by atoms with Crippen molar-refractivity contribution in [3.8, 4) is 17.2 Å². The highest BCUT2D eigenvalue weighted by Crippen LogP contribution is 2.19. The van der Waals surface area contributed by atoms with Crippen LogP contribution in [0.15, 0.2) is 70.3 Å².